The van der Waals surface area contributed by atoms with E-state index in [1.165, 1.54) is 19.3 Å². The Bertz CT molecular complexity index is 559. The van der Waals surface area contributed by atoms with Crippen molar-refractivity contribution in [2.75, 3.05) is 51.7 Å². The van der Waals surface area contributed by atoms with E-state index in [1.807, 2.05) is 27.1 Å². The first-order chi connectivity index (χ1) is 11.0. The zero-order chi connectivity index (χ0) is 16.4. The number of piperidine rings is 1. The molecule has 1 spiro atoms. The Morgan fingerprint density at radius 1 is 1.22 bits per heavy atom. The molecule has 1 aromatic heterocycles. The Balaban J connectivity index is 1.64. The summed E-state index contributed by atoms with van der Waals surface area (Å²) in [5.74, 6) is 1.18. The second kappa shape index (κ2) is 6.43. The summed E-state index contributed by atoms with van der Waals surface area (Å²) in [5, 5.41) is 8.54. The minimum Gasteiger partial charge on any atom is -0.355 e. The number of nitrogens with zero attached hydrogens (tertiary/aromatic N) is 5. The quantitative estimate of drug-likeness (QED) is 0.837. The van der Waals surface area contributed by atoms with Gasteiger partial charge in [-0.25, -0.2) is 0 Å². The van der Waals surface area contributed by atoms with Crippen molar-refractivity contribution < 1.29 is 4.79 Å². The van der Waals surface area contributed by atoms with Crippen molar-refractivity contribution >= 4 is 11.7 Å². The molecule has 1 atom stereocenters. The number of anilines is 1. The number of aromatic nitrogens is 2. The third kappa shape index (κ3) is 3.63. The highest BCUT2D eigenvalue weighted by Crippen LogP contribution is 2.39. The first-order valence-corrected chi connectivity index (χ1v) is 8.45. The molecule has 3 heterocycles. The summed E-state index contributed by atoms with van der Waals surface area (Å²) in [5.41, 5.74) is 1.26. The molecule has 126 valence electrons. The largest absolute Gasteiger partial charge is 0.355 e. The van der Waals surface area contributed by atoms with Crippen molar-refractivity contribution in [2.45, 2.75) is 26.2 Å². The molecule has 2 aliphatic heterocycles. The molecule has 2 saturated heterocycles. The summed E-state index contributed by atoms with van der Waals surface area (Å²) in [4.78, 5) is 18.3. The van der Waals surface area contributed by atoms with Crippen LogP contribution in [-0.2, 0) is 4.79 Å². The van der Waals surface area contributed by atoms with Crippen LogP contribution in [0.15, 0.2) is 12.1 Å². The van der Waals surface area contributed by atoms with Crippen LogP contribution in [0.3, 0.4) is 0 Å². The zero-order valence-electron chi connectivity index (χ0n) is 14.5. The molecule has 6 heteroatoms. The van der Waals surface area contributed by atoms with Gasteiger partial charge in [-0.3, -0.25) is 9.69 Å². The molecule has 2 fully saturated rings. The minimum atomic E-state index is 0.194. The second-order valence-electron chi connectivity index (χ2n) is 7.31. The molecule has 0 unspecified atom stereocenters. The number of amides is 1. The van der Waals surface area contributed by atoms with Crippen molar-refractivity contribution in [2.24, 2.45) is 5.41 Å². The Morgan fingerprint density at radius 3 is 2.74 bits per heavy atom. The fourth-order valence-corrected chi connectivity index (χ4v) is 3.79. The molecule has 0 aliphatic carbocycles. The maximum atomic E-state index is 11.9. The molecule has 0 saturated carbocycles. The van der Waals surface area contributed by atoms with Gasteiger partial charge in [0.25, 0.3) is 0 Å². The maximum Gasteiger partial charge on any atom is 0.236 e. The SMILES string of the molecule is Cc1ccc(N2CCC[C@@]3(CCN(CC(=O)N(C)C)C3)C2)nn1. The van der Waals surface area contributed by atoms with Gasteiger partial charge < -0.3 is 9.80 Å². The lowest BCUT2D eigenvalue weighted by Gasteiger charge is -2.41. The van der Waals surface area contributed by atoms with E-state index in [1.54, 1.807) is 4.90 Å². The van der Waals surface area contributed by atoms with E-state index >= 15 is 0 Å². The van der Waals surface area contributed by atoms with Gasteiger partial charge in [-0.2, -0.15) is 5.10 Å². The monoisotopic (exact) mass is 317 g/mol. The Morgan fingerprint density at radius 2 is 2.04 bits per heavy atom. The van der Waals surface area contributed by atoms with Crippen LogP contribution in [-0.4, -0.2) is 72.7 Å². The third-order valence-electron chi connectivity index (χ3n) is 5.14. The Hall–Kier alpha value is -1.69. The van der Waals surface area contributed by atoms with Gasteiger partial charge in [0.05, 0.1) is 12.2 Å². The van der Waals surface area contributed by atoms with E-state index in [2.05, 4.69) is 26.1 Å². The molecule has 1 amide bonds. The van der Waals surface area contributed by atoms with Crippen molar-refractivity contribution in [1.82, 2.24) is 20.0 Å². The van der Waals surface area contributed by atoms with E-state index in [4.69, 9.17) is 0 Å². The molecule has 0 aromatic carbocycles. The fourth-order valence-electron chi connectivity index (χ4n) is 3.79. The van der Waals surface area contributed by atoms with Gasteiger partial charge >= 0.3 is 0 Å². The van der Waals surface area contributed by atoms with Crippen molar-refractivity contribution in [1.29, 1.82) is 0 Å². The average molecular weight is 317 g/mol. The van der Waals surface area contributed by atoms with Gasteiger partial charge in [-0.05, 0) is 44.9 Å². The molecule has 0 bridgehead atoms. The molecular weight excluding hydrogens is 290 g/mol. The van der Waals surface area contributed by atoms with E-state index in [9.17, 15) is 4.79 Å². The van der Waals surface area contributed by atoms with Crippen LogP contribution in [0.25, 0.3) is 0 Å². The average Bonchev–Trinajstić information content (AvgIpc) is 2.90. The predicted octanol–water partition coefficient (Wildman–Crippen LogP) is 1.17. The number of likely N-dealkylation sites (tertiary alicyclic amines) is 1. The first-order valence-electron chi connectivity index (χ1n) is 8.45. The van der Waals surface area contributed by atoms with Gasteiger partial charge in [-0.1, -0.05) is 0 Å². The Kier molecular flexibility index (Phi) is 4.53. The molecule has 23 heavy (non-hydrogen) atoms. The number of hydrogen-bond donors (Lipinski definition) is 0. The number of aryl methyl sites for hydroxylation is 1. The molecule has 0 N–H and O–H groups in total. The number of likely N-dealkylation sites (N-methyl/N-ethyl adjacent to an activating group) is 1. The minimum absolute atomic E-state index is 0.194. The third-order valence-corrected chi connectivity index (χ3v) is 5.14. The smallest absolute Gasteiger partial charge is 0.236 e. The highest BCUT2D eigenvalue weighted by Gasteiger charge is 2.42. The first kappa shape index (κ1) is 16.2. The van der Waals surface area contributed by atoms with Crippen LogP contribution >= 0.6 is 0 Å². The summed E-state index contributed by atoms with van der Waals surface area (Å²) in [6.45, 7) is 6.62. The lowest BCUT2D eigenvalue weighted by molar-refractivity contribution is -0.129. The highest BCUT2D eigenvalue weighted by molar-refractivity contribution is 5.77. The Labute approximate surface area is 138 Å². The molecule has 6 nitrogen and oxygen atoms in total. The predicted molar refractivity (Wildman–Crippen MR) is 90.4 cm³/mol. The van der Waals surface area contributed by atoms with Gasteiger partial charge in [0.1, 0.15) is 0 Å². The van der Waals surface area contributed by atoms with E-state index < -0.39 is 0 Å². The standard InChI is InChI=1S/C17H27N5O/c1-14-5-6-15(19-18-14)22-9-4-7-17(13-22)8-10-21(12-17)11-16(23)20(2)3/h5-6H,4,7-13H2,1-3H3/t17-/m0/s1. The van der Waals surface area contributed by atoms with Crippen LogP contribution in [0.2, 0.25) is 0 Å². The van der Waals surface area contributed by atoms with Crippen molar-refractivity contribution in [3.8, 4) is 0 Å². The summed E-state index contributed by atoms with van der Waals surface area (Å²) >= 11 is 0. The summed E-state index contributed by atoms with van der Waals surface area (Å²) in [7, 11) is 3.65. The summed E-state index contributed by atoms with van der Waals surface area (Å²) < 4.78 is 0. The number of carbonyl (C=O) groups is 1. The van der Waals surface area contributed by atoms with Crippen LogP contribution in [0, 0.1) is 12.3 Å². The molecular formula is C17H27N5O. The summed E-state index contributed by atoms with van der Waals surface area (Å²) in [6.07, 6.45) is 3.60. The molecule has 0 radical (unpaired) electrons. The molecule has 3 rings (SSSR count). The van der Waals surface area contributed by atoms with Crippen molar-refractivity contribution in [3.63, 3.8) is 0 Å². The summed E-state index contributed by atoms with van der Waals surface area (Å²) in [6, 6.07) is 4.10. The fraction of sp³-hybridized carbons (Fsp3) is 0.706. The highest BCUT2D eigenvalue weighted by atomic mass is 16.2. The number of rotatable bonds is 3. The lowest BCUT2D eigenvalue weighted by Crippen LogP contribution is -2.46. The zero-order valence-corrected chi connectivity index (χ0v) is 14.5. The normalized spacial score (nSPS) is 25.1. The van der Waals surface area contributed by atoms with E-state index in [0.717, 1.165) is 37.7 Å². The number of carbonyl (C=O) groups excluding carboxylic acids is 1. The van der Waals surface area contributed by atoms with E-state index in [-0.39, 0.29) is 5.91 Å². The lowest BCUT2D eigenvalue weighted by atomic mass is 9.79. The topological polar surface area (TPSA) is 52.6 Å². The number of hydrogen-bond acceptors (Lipinski definition) is 5. The van der Waals surface area contributed by atoms with Gasteiger partial charge in [0.2, 0.25) is 5.91 Å². The van der Waals surface area contributed by atoms with Gasteiger partial charge in [-0.15, -0.1) is 5.10 Å². The van der Waals surface area contributed by atoms with Crippen LogP contribution in [0.1, 0.15) is 25.0 Å². The van der Waals surface area contributed by atoms with Crippen molar-refractivity contribution in [3.05, 3.63) is 17.8 Å². The maximum absolute atomic E-state index is 11.9. The van der Waals surface area contributed by atoms with Crippen LogP contribution < -0.4 is 4.90 Å². The van der Waals surface area contributed by atoms with Crippen LogP contribution in [0.5, 0.6) is 0 Å². The van der Waals surface area contributed by atoms with Gasteiger partial charge in [0, 0.05) is 39.1 Å². The molecule has 1 aromatic rings. The van der Waals surface area contributed by atoms with Gasteiger partial charge in [0.15, 0.2) is 5.82 Å². The second-order valence-corrected chi connectivity index (χ2v) is 7.31. The van der Waals surface area contributed by atoms with Crippen LogP contribution in [0.4, 0.5) is 5.82 Å². The van der Waals surface area contributed by atoms with E-state index in [0.29, 0.717) is 12.0 Å². The molecule has 2 aliphatic rings.